The maximum atomic E-state index is 3.55. The third kappa shape index (κ3) is 3.28. The monoisotopic (exact) mass is 182 g/mol. The van der Waals surface area contributed by atoms with E-state index in [9.17, 15) is 0 Å². The quantitative estimate of drug-likeness (QED) is 0.692. The molecule has 2 rings (SSSR count). The van der Waals surface area contributed by atoms with E-state index < -0.39 is 0 Å². The standard InChI is InChI=1S/C11H22N2/c1-13(9-10-4-5-10)8-6-11-3-2-7-12-11/h10-12H,2-9H2,1H3. The maximum Gasteiger partial charge on any atom is 0.00797 e. The number of nitrogens with zero attached hydrogens (tertiary/aromatic N) is 1. The first kappa shape index (κ1) is 9.47. The second kappa shape index (κ2) is 4.43. The Balaban J connectivity index is 1.54. The largest absolute Gasteiger partial charge is 0.314 e. The molecule has 0 aromatic carbocycles. The Labute approximate surface area is 81.7 Å². The van der Waals surface area contributed by atoms with Gasteiger partial charge in [-0.2, -0.15) is 0 Å². The highest BCUT2D eigenvalue weighted by molar-refractivity contribution is 4.78. The third-order valence-corrected chi connectivity index (χ3v) is 3.29. The molecular formula is C11H22N2. The molecule has 13 heavy (non-hydrogen) atoms. The van der Waals surface area contributed by atoms with Crippen molar-refractivity contribution in [1.29, 1.82) is 0 Å². The van der Waals surface area contributed by atoms with Crippen LogP contribution in [-0.2, 0) is 0 Å². The SMILES string of the molecule is CN(CCC1CCCN1)CC1CC1. The summed E-state index contributed by atoms with van der Waals surface area (Å²) in [5.41, 5.74) is 0. The summed E-state index contributed by atoms with van der Waals surface area (Å²) in [7, 11) is 2.27. The number of hydrogen-bond donors (Lipinski definition) is 1. The lowest BCUT2D eigenvalue weighted by Gasteiger charge is -2.18. The lowest BCUT2D eigenvalue weighted by atomic mass is 10.1. The van der Waals surface area contributed by atoms with E-state index in [1.54, 1.807) is 0 Å². The smallest absolute Gasteiger partial charge is 0.00797 e. The molecule has 1 aliphatic heterocycles. The molecule has 1 N–H and O–H groups in total. The van der Waals surface area contributed by atoms with Gasteiger partial charge in [-0.1, -0.05) is 0 Å². The second-order valence-corrected chi connectivity index (χ2v) is 4.79. The average Bonchev–Trinajstić information content (AvgIpc) is 2.78. The summed E-state index contributed by atoms with van der Waals surface area (Å²) in [6, 6.07) is 0.821. The molecule has 2 heteroatoms. The van der Waals surface area contributed by atoms with Crippen LogP contribution in [0.4, 0.5) is 0 Å². The van der Waals surface area contributed by atoms with Gasteiger partial charge >= 0.3 is 0 Å². The number of rotatable bonds is 5. The van der Waals surface area contributed by atoms with Crippen LogP contribution in [0.1, 0.15) is 32.1 Å². The van der Waals surface area contributed by atoms with Gasteiger partial charge < -0.3 is 10.2 Å². The molecule has 2 aliphatic rings. The molecule has 2 fully saturated rings. The van der Waals surface area contributed by atoms with Crippen molar-refractivity contribution in [1.82, 2.24) is 10.2 Å². The highest BCUT2D eigenvalue weighted by Gasteiger charge is 2.23. The topological polar surface area (TPSA) is 15.3 Å². The maximum absolute atomic E-state index is 3.55. The van der Waals surface area contributed by atoms with Gasteiger partial charge in [0.2, 0.25) is 0 Å². The second-order valence-electron chi connectivity index (χ2n) is 4.79. The van der Waals surface area contributed by atoms with E-state index in [2.05, 4.69) is 17.3 Å². The van der Waals surface area contributed by atoms with E-state index in [0.29, 0.717) is 0 Å². The summed E-state index contributed by atoms with van der Waals surface area (Å²) in [6.07, 6.45) is 7.09. The van der Waals surface area contributed by atoms with E-state index in [1.807, 2.05) is 0 Å². The molecule has 76 valence electrons. The molecule has 1 saturated carbocycles. The lowest BCUT2D eigenvalue weighted by Crippen LogP contribution is -2.29. The predicted octanol–water partition coefficient (Wildman–Crippen LogP) is 1.47. The van der Waals surface area contributed by atoms with Gasteiger partial charge in [0.25, 0.3) is 0 Å². The minimum absolute atomic E-state index is 0.821. The van der Waals surface area contributed by atoms with Crippen molar-refractivity contribution in [3.63, 3.8) is 0 Å². The van der Waals surface area contributed by atoms with Gasteiger partial charge in [0.1, 0.15) is 0 Å². The van der Waals surface area contributed by atoms with Crippen LogP contribution in [-0.4, -0.2) is 37.6 Å². The fraction of sp³-hybridized carbons (Fsp3) is 1.00. The Hall–Kier alpha value is -0.0800. The van der Waals surface area contributed by atoms with Crippen molar-refractivity contribution in [3.05, 3.63) is 0 Å². The molecule has 2 nitrogen and oxygen atoms in total. The van der Waals surface area contributed by atoms with Crippen molar-refractivity contribution in [2.45, 2.75) is 38.1 Å². The van der Waals surface area contributed by atoms with Gasteiger partial charge in [0, 0.05) is 12.6 Å². The third-order valence-electron chi connectivity index (χ3n) is 3.29. The van der Waals surface area contributed by atoms with E-state index in [1.165, 1.54) is 51.7 Å². The first-order valence-electron chi connectivity index (χ1n) is 5.76. The van der Waals surface area contributed by atoms with Crippen molar-refractivity contribution in [2.75, 3.05) is 26.7 Å². The normalized spacial score (nSPS) is 28.6. The Morgan fingerprint density at radius 1 is 1.31 bits per heavy atom. The molecular weight excluding hydrogens is 160 g/mol. The Kier molecular flexibility index (Phi) is 3.23. The highest BCUT2D eigenvalue weighted by atomic mass is 15.1. The Morgan fingerprint density at radius 3 is 2.77 bits per heavy atom. The number of hydrogen-bond acceptors (Lipinski definition) is 2. The molecule has 1 unspecified atom stereocenters. The molecule has 1 atom stereocenters. The fourth-order valence-electron chi connectivity index (χ4n) is 2.21. The van der Waals surface area contributed by atoms with Crippen molar-refractivity contribution < 1.29 is 0 Å². The molecule has 0 aromatic heterocycles. The molecule has 0 spiro atoms. The van der Waals surface area contributed by atoms with Crippen LogP contribution < -0.4 is 5.32 Å². The van der Waals surface area contributed by atoms with Gasteiger partial charge in [-0.15, -0.1) is 0 Å². The Bertz CT molecular complexity index is 148. The summed E-state index contributed by atoms with van der Waals surface area (Å²) < 4.78 is 0. The van der Waals surface area contributed by atoms with E-state index >= 15 is 0 Å². The van der Waals surface area contributed by atoms with Crippen LogP contribution in [0.5, 0.6) is 0 Å². The predicted molar refractivity (Wildman–Crippen MR) is 55.9 cm³/mol. The van der Waals surface area contributed by atoms with Crippen molar-refractivity contribution in [3.8, 4) is 0 Å². The first-order valence-corrected chi connectivity index (χ1v) is 5.76. The molecule has 0 bridgehead atoms. The summed E-state index contributed by atoms with van der Waals surface area (Å²) >= 11 is 0. The summed E-state index contributed by atoms with van der Waals surface area (Å²) in [4.78, 5) is 2.51. The van der Waals surface area contributed by atoms with E-state index in [0.717, 1.165) is 12.0 Å². The van der Waals surface area contributed by atoms with Crippen LogP contribution in [0, 0.1) is 5.92 Å². The molecule has 1 aliphatic carbocycles. The first-order chi connectivity index (χ1) is 6.34. The summed E-state index contributed by atoms with van der Waals surface area (Å²) in [5.74, 6) is 1.04. The van der Waals surface area contributed by atoms with Gasteiger partial charge in [-0.05, 0) is 58.2 Å². The lowest BCUT2D eigenvalue weighted by molar-refractivity contribution is 0.301. The molecule has 0 aromatic rings. The zero-order chi connectivity index (χ0) is 9.10. The number of nitrogens with one attached hydrogen (secondary N) is 1. The fourth-order valence-corrected chi connectivity index (χ4v) is 2.21. The van der Waals surface area contributed by atoms with Crippen LogP contribution in [0.3, 0.4) is 0 Å². The molecule has 1 saturated heterocycles. The van der Waals surface area contributed by atoms with Crippen LogP contribution in [0.15, 0.2) is 0 Å². The van der Waals surface area contributed by atoms with Crippen LogP contribution >= 0.6 is 0 Å². The summed E-state index contributed by atoms with van der Waals surface area (Å²) in [6.45, 7) is 3.87. The van der Waals surface area contributed by atoms with Gasteiger partial charge in [-0.25, -0.2) is 0 Å². The van der Waals surface area contributed by atoms with Crippen LogP contribution in [0.25, 0.3) is 0 Å². The molecule has 0 amide bonds. The molecule has 0 radical (unpaired) electrons. The van der Waals surface area contributed by atoms with E-state index in [4.69, 9.17) is 0 Å². The van der Waals surface area contributed by atoms with Crippen LogP contribution in [0.2, 0.25) is 0 Å². The molecule has 1 heterocycles. The highest BCUT2D eigenvalue weighted by Crippen LogP contribution is 2.29. The minimum Gasteiger partial charge on any atom is -0.314 e. The van der Waals surface area contributed by atoms with Gasteiger partial charge in [0.05, 0.1) is 0 Å². The van der Waals surface area contributed by atoms with Gasteiger partial charge in [-0.3, -0.25) is 0 Å². The zero-order valence-electron chi connectivity index (χ0n) is 8.76. The van der Waals surface area contributed by atoms with Crippen molar-refractivity contribution >= 4 is 0 Å². The van der Waals surface area contributed by atoms with Crippen molar-refractivity contribution in [2.24, 2.45) is 5.92 Å². The minimum atomic E-state index is 0.821. The van der Waals surface area contributed by atoms with E-state index in [-0.39, 0.29) is 0 Å². The van der Waals surface area contributed by atoms with Gasteiger partial charge in [0.15, 0.2) is 0 Å². The zero-order valence-corrected chi connectivity index (χ0v) is 8.76. The average molecular weight is 182 g/mol. The summed E-state index contributed by atoms with van der Waals surface area (Å²) in [5, 5.41) is 3.55. The Morgan fingerprint density at radius 2 is 2.15 bits per heavy atom.